The third-order valence-electron chi connectivity index (χ3n) is 3.55. The Bertz CT molecular complexity index is 1220. The highest BCUT2D eigenvalue weighted by molar-refractivity contribution is 14.1. The van der Waals surface area contributed by atoms with E-state index in [0.717, 1.165) is 6.07 Å². The van der Waals surface area contributed by atoms with Gasteiger partial charge in [0, 0.05) is 18.3 Å². The smallest absolute Gasteiger partial charge is 0.326 e. The lowest BCUT2D eigenvalue weighted by atomic mass is 10.1. The molecule has 2 rings (SSSR count). The van der Waals surface area contributed by atoms with Crippen molar-refractivity contribution in [2.24, 2.45) is 0 Å². The predicted molar refractivity (Wildman–Crippen MR) is 123 cm³/mol. The van der Waals surface area contributed by atoms with Crippen LogP contribution in [0.4, 0.5) is 11.4 Å². The average molecular weight is 580 g/mol. The molecule has 13 heteroatoms. The van der Waals surface area contributed by atoms with Crippen LogP contribution in [0.1, 0.15) is 18.1 Å². The van der Waals surface area contributed by atoms with Gasteiger partial charge in [0.25, 0.3) is 0 Å². The zero-order valence-electron chi connectivity index (χ0n) is 15.9. The molecule has 166 valence electrons. The third-order valence-corrected chi connectivity index (χ3v) is 6.54. The number of rotatable bonds is 8. The normalized spacial score (nSPS) is 12.0. The Morgan fingerprint density at radius 2 is 1.61 bits per heavy atom. The van der Waals surface area contributed by atoms with Crippen LogP contribution in [-0.4, -0.2) is 37.6 Å². The quantitative estimate of drug-likeness (QED) is 0.186. The topological polar surface area (TPSA) is 156 Å². The van der Waals surface area contributed by atoms with Crippen LogP contribution in [0.15, 0.2) is 47.4 Å². The molecule has 10 nitrogen and oxygen atoms in total. The third kappa shape index (κ3) is 8.02. The number of anilines is 2. The highest BCUT2D eigenvalue weighted by Crippen LogP contribution is 2.26. The number of hydrogen-bond acceptors (Lipinski definition) is 7. The van der Waals surface area contributed by atoms with E-state index in [-0.39, 0.29) is 17.2 Å². The number of hydrogen-bond donors (Lipinski definition) is 3. The van der Waals surface area contributed by atoms with Crippen molar-refractivity contribution >= 4 is 78.4 Å². The summed E-state index contributed by atoms with van der Waals surface area (Å²) in [7, 11) is -10.2. The first-order chi connectivity index (χ1) is 14.4. The van der Waals surface area contributed by atoms with Crippen molar-refractivity contribution in [3.8, 4) is 0 Å². The number of carbonyl (C=O) groups is 2. The zero-order chi connectivity index (χ0) is 23.2. The van der Waals surface area contributed by atoms with E-state index in [1.807, 2.05) is 22.6 Å². The van der Waals surface area contributed by atoms with Gasteiger partial charge in [-0.2, -0.15) is 16.8 Å². The van der Waals surface area contributed by atoms with Gasteiger partial charge in [0.1, 0.15) is 4.90 Å². The van der Waals surface area contributed by atoms with E-state index in [9.17, 15) is 26.4 Å². The van der Waals surface area contributed by atoms with Gasteiger partial charge in [0.2, 0.25) is 11.8 Å². The molecule has 0 bridgehead atoms. The molecule has 0 atom stereocenters. The molecule has 0 aliphatic rings. The van der Waals surface area contributed by atoms with Crippen LogP contribution < -0.4 is 10.6 Å². The van der Waals surface area contributed by atoms with Gasteiger partial charge in [-0.1, -0.05) is 52.9 Å². The van der Waals surface area contributed by atoms with E-state index in [2.05, 4.69) is 14.3 Å². The molecule has 0 aliphatic carbocycles. The summed E-state index contributed by atoms with van der Waals surface area (Å²) < 4.78 is 59.5. The largest absolute Gasteiger partial charge is 0.412 e. The molecule has 2 aromatic rings. The van der Waals surface area contributed by atoms with Gasteiger partial charge in [-0.3, -0.25) is 14.1 Å². The molecule has 31 heavy (non-hydrogen) atoms. The Hall–Kier alpha value is -2.33. The lowest BCUT2D eigenvalue weighted by molar-refractivity contribution is -0.114. The van der Waals surface area contributed by atoms with Gasteiger partial charge >= 0.3 is 20.5 Å². The Morgan fingerprint density at radius 3 is 2.16 bits per heavy atom. The maximum absolute atomic E-state index is 12.3. The molecule has 2 amide bonds. The van der Waals surface area contributed by atoms with Crippen molar-refractivity contribution in [3.63, 3.8) is 0 Å². The molecular weight excluding hydrogens is 563 g/mol. The molecule has 3 N–H and O–H groups in total. The van der Waals surface area contributed by atoms with Gasteiger partial charge in [-0.05, 0) is 35.4 Å². The van der Waals surface area contributed by atoms with E-state index < -0.39 is 31.3 Å². The molecule has 0 aromatic heterocycles. The number of benzene rings is 2. The molecule has 2 aromatic carbocycles. The minimum absolute atomic E-state index is 0.0417. The second-order valence-electron chi connectivity index (χ2n) is 6.02. The molecule has 0 saturated carbocycles. The lowest BCUT2D eigenvalue weighted by Crippen LogP contribution is -2.14. The summed E-state index contributed by atoms with van der Waals surface area (Å²) in [5, 5.41) is 5.06. The number of nitrogens with one attached hydrogen (secondary N) is 2. The van der Waals surface area contributed by atoms with Crippen LogP contribution in [-0.2, 0) is 33.7 Å². The summed E-state index contributed by atoms with van der Waals surface area (Å²) in [5.74, 6) is -0.631. The molecule has 0 aliphatic heterocycles. The average Bonchev–Trinajstić information content (AvgIpc) is 2.65. The van der Waals surface area contributed by atoms with E-state index in [1.165, 1.54) is 25.1 Å². The fourth-order valence-electron chi connectivity index (χ4n) is 2.38. The minimum atomic E-state index is -5.30. The summed E-state index contributed by atoms with van der Waals surface area (Å²) in [5.41, 5.74) is 1.36. The number of alkyl halides is 1. The van der Waals surface area contributed by atoms with Crippen LogP contribution in [0.25, 0.3) is 12.2 Å². The fraction of sp³-hybridized carbons (Fsp3) is 0.111. The maximum atomic E-state index is 12.3. The number of carbonyl (C=O) groups excluding carboxylic acids is 2. The van der Waals surface area contributed by atoms with Gasteiger partial charge < -0.3 is 10.6 Å². The first kappa shape index (κ1) is 24.9. The highest BCUT2D eigenvalue weighted by atomic mass is 127. The Kier molecular flexibility index (Phi) is 8.30. The van der Waals surface area contributed by atoms with Crippen molar-refractivity contribution in [2.45, 2.75) is 11.8 Å². The first-order valence-corrected chi connectivity index (χ1v) is 12.7. The Morgan fingerprint density at radius 1 is 1.00 bits per heavy atom. The van der Waals surface area contributed by atoms with Crippen molar-refractivity contribution in [1.29, 1.82) is 0 Å². The van der Waals surface area contributed by atoms with Crippen LogP contribution in [0.5, 0.6) is 0 Å². The lowest BCUT2D eigenvalue weighted by Gasteiger charge is -2.10. The van der Waals surface area contributed by atoms with E-state index >= 15 is 0 Å². The number of amides is 2. The predicted octanol–water partition coefficient (Wildman–Crippen LogP) is 2.70. The van der Waals surface area contributed by atoms with Crippen molar-refractivity contribution in [1.82, 2.24) is 0 Å². The standard InChI is InChI=1S/C18H17IN2O8S2/c1-12(22)20-16-9-6-14(17(10-16)30(24,25)29-31(26,27)28)5-2-13-3-7-15(8-4-13)21-18(23)11-19/h2-10H,11H2,1H3,(H,20,22)(H,21,23)(H,26,27,28). The summed E-state index contributed by atoms with van der Waals surface area (Å²) in [6.07, 6.45) is 2.93. The molecule has 0 saturated heterocycles. The van der Waals surface area contributed by atoms with E-state index in [4.69, 9.17) is 4.55 Å². The summed E-state index contributed by atoms with van der Waals surface area (Å²) in [4.78, 5) is 22.1. The fourth-order valence-corrected chi connectivity index (χ4v) is 4.46. The van der Waals surface area contributed by atoms with Gasteiger partial charge in [-0.15, -0.1) is 3.63 Å². The number of halogens is 1. The molecule has 0 radical (unpaired) electrons. The van der Waals surface area contributed by atoms with Crippen molar-refractivity contribution in [3.05, 3.63) is 53.6 Å². The van der Waals surface area contributed by atoms with E-state index in [1.54, 1.807) is 30.3 Å². The molecule has 0 fully saturated rings. The maximum Gasteiger partial charge on any atom is 0.412 e. The highest BCUT2D eigenvalue weighted by Gasteiger charge is 2.26. The Labute approximate surface area is 192 Å². The SMILES string of the molecule is CC(=O)Nc1ccc(C=Cc2ccc(NC(=O)CI)cc2)c(S(=O)(=O)OS(=O)(=O)O)c1. The molecular formula is C18H17IN2O8S2. The van der Waals surface area contributed by atoms with Crippen LogP contribution in [0, 0.1) is 0 Å². The summed E-state index contributed by atoms with van der Waals surface area (Å²) in [6, 6.07) is 10.4. The van der Waals surface area contributed by atoms with Crippen molar-refractivity contribution < 1.29 is 34.6 Å². The molecule has 0 unspecified atom stereocenters. The first-order valence-electron chi connectivity index (χ1n) is 8.39. The zero-order valence-corrected chi connectivity index (χ0v) is 19.7. The minimum Gasteiger partial charge on any atom is -0.326 e. The van der Waals surface area contributed by atoms with Crippen LogP contribution >= 0.6 is 22.6 Å². The van der Waals surface area contributed by atoms with Gasteiger partial charge in [0.05, 0.1) is 4.43 Å². The van der Waals surface area contributed by atoms with Gasteiger partial charge in [0.15, 0.2) is 0 Å². The summed E-state index contributed by atoms with van der Waals surface area (Å²) >= 11 is 1.93. The summed E-state index contributed by atoms with van der Waals surface area (Å²) in [6.45, 7) is 1.21. The molecule has 0 spiro atoms. The van der Waals surface area contributed by atoms with Gasteiger partial charge in [-0.25, -0.2) is 0 Å². The van der Waals surface area contributed by atoms with Crippen molar-refractivity contribution in [2.75, 3.05) is 15.1 Å². The monoisotopic (exact) mass is 580 g/mol. The van der Waals surface area contributed by atoms with Crippen LogP contribution in [0.2, 0.25) is 0 Å². The molecule has 0 heterocycles. The second-order valence-corrected chi connectivity index (χ2v) is 9.53. The Balaban J connectivity index is 2.40. The second kappa shape index (κ2) is 10.3. The van der Waals surface area contributed by atoms with Crippen LogP contribution in [0.3, 0.4) is 0 Å². The van der Waals surface area contributed by atoms with E-state index in [0.29, 0.717) is 15.7 Å².